The van der Waals surface area contributed by atoms with E-state index in [1.54, 1.807) is 19.1 Å². The van der Waals surface area contributed by atoms with E-state index in [1.165, 1.54) is 5.56 Å². The number of carbonyl (C=O) groups is 1. The number of hydrogen-bond acceptors (Lipinski definition) is 5. The Hall–Kier alpha value is -2.32. The number of benzene rings is 2. The summed E-state index contributed by atoms with van der Waals surface area (Å²) in [5.41, 5.74) is 0.798. The molecule has 1 fully saturated rings. The van der Waals surface area contributed by atoms with Gasteiger partial charge in [-0.05, 0) is 69.6 Å². The maximum absolute atomic E-state index is 11.8. The Morgan fingerprint density at radius 3 is 2.58 bits per heavy atom. The van der Waals surface area contributed by atoms with Crippen LogP contribution in [0.15, 0.2) is 48.5 Å². The number of hydrogen-bond donors (Lipinski definition) is 4. The molecule has 2 amide bonds. The van der Waals surface area contributed by atoms with Crippen molar-refractivity contribution >= 4 is 23.3 Å². The van der Waals surface area contributed by atoms with Crippen LogP contribution in [0.3, 0.4) is 0 Å². The van der Waals surface area contributed by atoms with Crippen molar-refractivity contribution in [3.05, 3.63) is 59.1 Å². The maximum Gasteiger partial charge on any atom is 0.319 e. The van der Waals surface area contributed by atoms with E-state index in [0.717, 1.165) is 37.5 Å². The third kappa shape index (κ3) is 8.51. The van der Waals surface area contributed by atoms with E-state index in [4.69, 9.17) is 16.3 Å². The normalized spacial score (nSPS) is 16.7. The van der Waals surface area contributed by atoms with Gasteiger partial charge in [0.05, 0.1) is 5.69 Å². The fourth-order valence-corrected chi connectivity index (χ4v) is 3.94. The highest BCUT2D eigenvalue weighted by molar-refractivity contribution is 6.30. The SMILES string of the molecule is CCNC(=O)Nc1ccccc1OC[C@@](C)(O)CNC1CCN(Cc2ccc(Cl)cc2)CC1. The van der Waals surface area contributed by atoms with Crippen LogP contribution in [0, 0.1) is 0 Å². The molecule has 3 rings (SSSR count). The first kappa shape index (κ1) is 25.3. The molecule has 0 radical (unpaired) electrons. The van der Waals surface area contributed by atoms with E-state index in [0.29, 0.717) is 30.6 Å². The predicted octanol–water partition coefficient (Wildman–Crippen LogP) is 3.87. The molecule has 33 heavy (non-hydrogen) atoms. The monoisotopic (exact) mass is 474 g/mol. The number of piperidine rings is 1. The second kappa shape index (κ2) is 12.2. The molecular weight excluding hydrogens is 440 g/mol. The molecule has 0 saturated carbocycles. The molecule has 1 aliphatic rings. The van der Waals surface area contributed by atoms with Crippen LogP contribution < -0.4 is 20.7 Å². The highest BCUT2D eigenvalue weighted by atomic mass is 35.5. The van der Waals surface area contributed by atoms with E-state index >= 15 is 0 Å². The molecule has 1 aliphatic heterocycles. The molecule has 1 heterocycles. The number of carbonyl (C=O) groups excluding carboxylic acids is 1. The minimum Gasteiger partial charge on any atom is -0.488 e. The van der Waals surface area contributed by atoms with Crippen molar-refractivity contribution in [3.8, 4) is 5.75 Å². The quantitative estimate of drug-likeness (QED) is 0.420. The predicted molar refractivity (Wildman–Crippen MR) is 133 cm³/mol. The van der Waals surface area contributed by atoms with Crippen molar-refractivity contribution < 1.29 is 14.6 Å². The Bertz CT molecular complexity index is 883. The van der Waals surface area contributed by atoms with Crippen molar-refractivity contribution in [3.63, 3.8) is 0 Å². The lowest BCUT2D eigenvalue weighted by Crippen LogP contribution is -2.49. The summed E-state index contributed by atoms with van der Waals surface area (Å²) in [5, 5.41) is 20.6. The Kier molecular flexibility index (Phi) is 9.38. The molecule has 1 saturated heterocycles. The second-order valence-corrected chi connectivity index (χ2v) is 9.26. The van der Waals surface area contributed by atoms with Gasteiger partial charge in [0, 0.05) is 30.7 Å². The summed E-state index contributed by atoms with van der Waals surface area (Å²) in [5.74, 6) is 0.527. The smallest absolute Gasteiger partial charge is 0.319 e. The standard InChI is InChI=1S/C25H35ClN4O3/c1-3-27-24(31)29-22-6-4-5-7-23(22)33-18-25(2,32)17-28-21-12-14-30(15-13-21)16-19-8-10-20(26)11-9-19/h4-11,21,28,32H,3,12-18H2,1-2H3,(H2,27,29,31)/t25-/m0/s1. The number of urea groups is 1. The lowest BCUT2D eigenvalue weighted by atomic mass is 10.0. The Balaban J connectivity index is 1.41. The summed E-state index contributed by atoms with van der Waals surface area (Å²) in [4.78, 5) is 14.3. The highest BCUT2D eigenvalue weighted by Crippen LogP contribution is 2.25. The summed E-state index contributed by atoms with van der Waals surface area (Å²) in [6.45, 7) is 7.65. The average Bonchev–Trinajstić information content (AvgIpc) is 2.80. The number of halogens is 1. The number of amides is 2. The van der Waals surface area contributed by atoms with E-state index in [-0.39, 0.29) is 12.6 Å². The van der Waals surface area contributed by atoms with E-state index in [1.807, 2.05) is 31.2 Å². The zero-order chi connectivity index (χ0) is 23.7. The molecule has 0 unspecified atom stereocenters. The molecule has 0 aliphatic carbocycles. The van der Waals surface area contributed by atoms with Gasteiger partial charge in [-0.3, -0.25) is 4.90 Å². The van der Waals surface area contributed by atoms with Crippen LogP contribution in [0.2, 0.25) is 5.02 Å². The number of anilines is 1. The molecule has 0 spiro atoms. The van der Waals surface area contributed by atoms with Crippen LogP contribution in [0.1, 0.15) is 32.3 Å². The van der Waals surface area contributed by atoms with Gasteiger partial charge in [0.1, 0.15) is 18.0 Å². The summed E-state index contributed by atoms with van der Waals surface area (Å²) < 4.78 is 5.86. The van der Waals surface area contributed by atoms with Gasteiger partial charge < -0.3 is 25.8 Å². The zero-order valence-electron chi connectivity index (χ0n) is 19.4. The minimum atomic E-state index is -1.04. The first-order valence-corrected chi connectivity index (χ1v) is 11.9. The van der Waals surface area contributed by atoms with E-state index in [9.17, 15) is 9.90 Å². The Morgan fingerprint density at radius 1 is 1.18 bits per heavy atom. The summed E-state index contributed by atoms with van der Waals surface area (Å²) in [6, 6.07) is 15.3. The molecule has 0 bridgehead atoms. The molecular formula is C25H35ClN4O3. The van der Waals surface area contributed by atoms with Crippen LogP contribution in [0.25, 0.3) is 0 Å². The first-order chi connectivity index (χ1) is 15.8. The van der Waals surface area contributed by atoms with Crippen LogP contribution in [0.5, 0.6) is 5.75 Å². The fraction of sp³-hybridized carbons (Fsp3) is 0.480. The van der Waals surface area contributed by atoms with Crippen LogP contribution >= 0.6 is 11.6 Å². The van der Waals surface area contributed by atoms with Crippen molar-refractivity contribution in [2.75, 3.05) is 38.1 Å². The van der Waals surface area contributed by atoms with Crippen LogP contribution in [-0.4, -0.2) is 60.5 Å². The second-order valence-electron chi connectivity index (χ2n) is 8.82. The van der Waals surface area contributed by atoms with Crippen LogP contribution in [0.4, 0.5) is 10.5 Å². The van der Waals surface area contributed by atoms with Crippen molar-refractivity contribution in [2.24, 2.45) is 0 Å². The van der Waals surface area contributed by atoms with Crippen molar-refractivity contribution in [1.29, 1.82) is 0 Å². The van der Waals surface area contributed by atoms with Gasteiger partial charge in [0.25, 0.3) is 0 Å². The number of aliphatic hydroxyl groups is 1. The van der Waals surface area contributed by atoms with Crippen molar-refractivity contribution in [2.45, 2.75) is 44.9 Å². The lowest BCUT2D eigenvalue weighted by molar-refractivity contribution is 0.00839. The number of para-hydroxylation sites is 2. The van der Waals surface area contributed by atoms with E-state index < -0.39 is 5.60 Å². The first-order valence-electron chi connectivity index (χ1n) is 11.5. The van der Waals surface area contributed by atoms with Gasteiger partial charge in [0.15, 0.2) is 0 Å². The Labute approximate surface area is 201 Å². The lowest BCUT2D eigenvalue weighted by Gasteiger charge is -2.34. The number of ether oxygens (including phenoxy) is 1. The molecule has 4 N–H and O–H groups in total. The third-order valence-corrected chi connectivity index (χ3v) is 5.94. The van der Waals surface area contributed by atoms with Gasteiger partial charge in [-0.25, -0.2) is 4.79 Å². The number of nitrogens with zero attached hydrogens (tertiary/aromatic N) is 1. The highest BCUT2D eigenvalue weighted by Gasteiger charge is 2.25. The maximum atomic E-state index is 11.8. The minimum absolute atomic E-state index is 0.115. The molecule has 7 nitrogen and oxygen atoms in total. The molecule has 8 heteroatoms. The number of rotatable bonds is 10. The number of nitrogens with one attached hydrogen (secondary N) is 3. The Morgan fingerprint density at radius 2 is 1.88 bits per heavy atom. The van der Waals surface area contributed by atoms with Gasteiger partial charge in [0.2, 0.25) is 0 Å². The van der Waals surface area contributed by atoms with Crippen molar-refractivity contribution in [1.82, 2.24) is 15.5 Å². The molecule has 2 aromatic carbocycles. The number of likely N-dealkylation sites (tertiary alicyclic amines) is 1. The van der Waals surface area contributed by atoms with E-state index in [2.05, 4.69) is 33.0 Å². The summed E-state index contributed by atoms with van der Waals surface area (Å²) in [7, 11) is 0. The largest absolute Gasteiger partial charge is 0.488 e. The summed E-state index contributed by atoms with van der Waals surface area (Å²) in [6.07, 6.45) is 2.06. The fourth-order valence-electron chi connectivity index (χ4n) is 3.81. The van der Waals surface area contributed by atoms with Gasteiger partial charge in [-0.1, -0.05) is 35.9 Å². The van der Waals surface area contributed by atoms with Crippen LogP contribution in [-0.2, 0) is 6.54 Å². The molecule has 1 atom stereocenters. The molecule has 180 valence electrons. The van der Waals surface area contributed by atoms with Gasteiger partial charge >= 0.3 is 6.03 Å². The van der Waals surface area contributed by atoms with Gasteiger partial charge in [-0.2, -0.15) is 0 Å². The third-order valence-electron chi connectivity index (χ3n) is 5.69. The van der Waals surface area contributed by atoms with Gasteiger partial charge in [-0.15, -0.1) is 0 Å². The zero-order valence-corrected chi connectivity index (χ0v) is 20.2. The topological polar surface area (TPSA) is 85.9 Å². The average molecular weight is 475 g/mol. The summed E-state index contributed by atoms with van der Waals surface area (Å²) >= 11 is 5.97. The molecule has 2 aromatic rings. The molecule has 0 aromatic heterocycles.